The Kier molecular flexibility index (Phi) is 2.52. The van der Waals surface area contributed by atoms with Crippen LogP contribution in [0.4, 0.5) is 0 Å². The summed E-state index contributed by atoms with van der Waals surface area (Å²) in [4.78, 5) is 4.16. The molecule has 0 unspecified atom stereocenters. The fourth-order valence-electron chi connectivity index (χ4n) is 0.853. The Balaban J connectivity index is 3.21. The van der Waals surface area contributed by atoms with Gasteiger partial charge < -0.3 is 4.89 Å². The van der Waals surface area contributed by atoms with Gasteiger partial charge in [0.05, 0.1) is 0 Å². The molecule has 0 saturated carbocycles. The lowest BCUT2D eigenvalue weighted by Crippen LogP contribution is -1.89. The second-order valence-corrected chi connectivity index (χ2v) is 3.31. The van der Waals surface area contributed by atoms with Crippen molar-refractivity contribution < 1.29 is 10.1 Å². The molecule has 0 amide bonds. The third-order valence-electron chi connectivity index (χ3n) is 1.55. The average molecular weight is 217 g/mol. The topological polar surface area (TPSA) is 29.5 Å². The highest BCUT2D eigenvalue weighted by molar-refractivity contribution is 9.10. The predicted molar refractivity (Wildman–Crippen MR) is 46.9 cm³/mol. The van der Waals surface area contributed by atoms with E-state index in [0.717, 1.165) is 15.6 Å². The maximum Gasteiger partial charge on any atom is 0.168 e. The number of hydrogen-bond acceptors (Lipinski definition) is 2. The number of benzene rings is 1. The summed E-state index contributed by atoms with van der Waals surface area (Å²) in [6, 6.07) is 3.68. The first kappa shape index (κ1) is 8.56. The summed E-state index contributed by atoms with van der Waals surface area (Å²) in [5.74, 6) is 0.505. The van der Waals surface area contributed by atoms with Gasteiger partial charge in [0, 0.05) is 4.47 Å². The quantitative estimate of drug-likeness (QED) is 0.578. The first-order chi connectivity index (χ1) is 5.15. The average Bonchev–Trinajstić information content (AvgIpc) is 1.97. The zero-order chi connectivity index (χ0) is 8.43. The maximum atomic E-state index is 8.42. The second kappa shape index (κ2) is 3.24. The normalized spacial score (nSPS) is 9.82. The van der Waals surface area contributed by atoms with Crippen molar-refractivity contribution in [3.05, 3.63) is 27.7 Å². The smallest absolute Gasteiger partial charge is 0.168 e. The molecule has 2 nitrogen and oxygen atoms in total. The lowest BCUT2D eigenvalue weighted by molar-refractivity contribution is -0.138. The molecule has 0 atom stereocenters. The van der Waals surface area contributed by atoms with Gasteiger partial charge in [0.1, 0.15) is 0 Å². The third kappa shape index (κ3) is 1.73. The van der Waals surface area contributed by atoms with Crippen LogP contribution in [0.15, 0.2) is 16.6 Å². The van der Waals surface area contributed by atoms with Crippen LogP contribution in [0.1, 0.15) is 11.1 Å². The summed E-state index contributed by atoms with van der Waals surface area (Å²) in [6.45, 7) is 3.81. The number of rotatable bonds is 1. The van der Waals surface area contributed by atoms with Crippen LogP contribution in [0.3, 0.4) is 0 Å². The Morgan fingerprint density at radius 2 is 1.91 bits per heavy atom. The van der Waals surface area contributed by atoms with E-state index in [4.69, 9.17) is 5.26 Å². The summed E-state index contributed by atoms with van der Waals surface area (Å²) < 4.78 is 1.02. The third-order valence-corrected chi connectivity index (χ3v) is 2.41. The Morgan fingerprint density at radius 3 is 2.45 bits per heavy atom. The monoisotopic (exact) mass is 216 g/mol. The summed E-state index contributed by atoms with van der Waals surface area (Å²) >= 11 is 3.37. The molecule has 0 aliphatic rings. The molecule has 11 heavy (non-hydrogen) atoms. The molecule has 1 aromatic rings. The van der Waals surface area contributed by atoms with Crippen molar-refractivity contribution in [1.29, 1.82) is 0 Å². The highest BCUT2D eigenvalue weighted by Crippen LogP contribution is 2.25. The minimum absolute atomic E-state index is 0.505. The molecule has 0 aromatic heterocycles. The lowest BCUT2D eigenvalue weighted by atomic mass is 10.1. The van der Waals surface area contributed by atoms with Gasteiger partial charge in [0.15, 0.2) is 5.75 Å². The second-order valence-electron chi connectivity index (χ2n) is 2.46. The summed E-state index contributed by atoms with van der Waals surface area (Å²) in [5, 5.41) is 8.42. The van der Waals surface area contributed by atoms with E-state index < -0.39 is 0 Å². The molecule has 1 aromatic carbocycles. The molecular formula is C8H9BrO2. The van der Waals surface area contributed by atoms with Crippen LogP contribution in [0, 0.1) is 13.8 Å². The van der Waals surface area contributed by atoms with Gasteiger partial charge >= 0.3 is 0 Å². The number of hydrogen-bond donors (Lipinski definition) is 1. The molecule has 1 N–H and O–H groups in total. The van der Waals surface area contributed by atoms with Crippen molar-refractivity contribution in [2.45, 2.75) is 13.8 Å². The number of halogens is 1. The molecule has 0 spiro atoms. The Morgan fingerprint density at radius 1 is 1.27 bits per heavy atom. The van der Waals surface area contributed by atoms with E-state index in [1.807, 2.05) is 19.9 Å². The number of aryl methyl sites for hydroxylation is 2. The van der Waals surface area contributed by atoms with Crippen molar-refractivity contribution >= 4 is 15.9 Å². The lowest BCUT2D eigenvalue weighted by Gasteiger charge is -2.04. The Labute approximate surface area is 73.9 Å². The van der Waals surface area contributed by atoms with Crippen LogP contribution in [-0.4, -0.2) is 5.26 Å². The largest absolute Gasteiger partial charge is 0.340 e. The Hall–Kier alpha value is -0.540. The van der Waals surface area contributed by atoms with E-state index in [9.17, 15) is 0 Å². The van der Waals surface area contributed by atoms with Gasteiger partial charge in [-0.1, -0.05) is 15.9 Å². The minimum Gasteiger partial charge on any atom is -0.340 e. The van der Waals surface area contributed by atoms with Crippen molar-refractivity contribution in [3.63, 3.8) is 0 Å². The summed E-state index contributed by atoms with van der Waals surface area (Å²) in [5.41, 5.74) is 1.95. The van der Waals surface area contributed by atoms with E-state index >= 15 is 0 Å². The standard InChI is InChI=1S/C8H9BrO2/c1-5-4-8(11-10)6(2)3-7(5)9/h3-4,10H,1-2H3. The highest BCUT2D eigenvalue weighted by atomic mass is 79.9. The SMILES string of the molecule is Cc1cc(OO)c(C)cc1Br. The van der Waals surface area contributed by atoms with Crippen LogP contribution < -0.4 is 4.89 Å². The zero-order valence-electron chi connectivity index (χ0n) is 6.39. The van der Waals surface area contributed by atoms with Crippen LogP contribution in [0.2, 0.25) is 0 Å². The maximum absolute atomic E-state index is 8.42. The van der Waals surface area contributed by atoms with Crippen molar-refractivity contribution in [3.8, 4) is 5.75 Å². The van der Waals surface area contributed by atoms with Gasteiger partial charge in [-0.25, -0.2) is 5.26 Å². The fraction of sp³-hybridized carbons (Fsp3) is 0.250. The van der Waals surface area contributed by atoms with E-state index in [2.05, 4.69) is 20.8 Å². The molecule has 60 valence electrons. The van der Waals surface area contributed by atoms with Crippen LogP contribution in [0.25, 0.3) is 0 Å². The van der Waals surface area contributed by atoms with Gasteiger partial charge in [-0.3, -0.25) is 0 Å². The first-order valence-electron chi connectivity index (χ1n) is 3.23. The summed E-state index contributed by atoms with van der Waals surface area (Å²) in [7, 11) is 0. The molecule has 0 saturated heterocycles. The van der Waals surface area contributed by atoms with Crippen LogP contribution >= 0.6 is 15.9 Å². The van der Waals surface area contributed by atoms with E-state index in [1.165, 1.54) is 0 Å². The van der Waals surface area contributed by atoms with Gasteiger partial charge in [0.25, 0.3) is 0 Å². The molecule has 1 rings (SSSR count). The van der Waals surface area contributed by atoms with E-state index in [1.54, 1.807) is 6.07 Å². The van der Waals surface area contributed by atoms with Crippen molar-refractivity contribution in [1.82, 2.24) is 0 Å². The first-order valence-corrected chi connectivity index (χ1v) is 4.02. The molecule has 0 aliphatic heterocycles. The van der Waals surface area contributed by atoms with Crippen LogP contribution in [-0.2, 0) is 0 Å². The molecule has 0 fully saturated rings. The van der Waals surface area contributed by atoms with Gasteiger partial charge in [-0.2, -0.15) is 0 Å². The van der Waals surface area contributed by atoms with E-state index in [-0.39, 0.29) is 0 Å². The molecule has 0 heterocycles. The highest BCUT2D eigenvalue weighted by Gasteiger charge is 2.02. The molecule has 0 radical (unpaired) electrons. The van der Waals surface area contributed by atoms with E-state index in [0.29, 0.717) is 5.75 Å². The van der Waals surface area contributed by atoms with Crippen molar-refractivity contribution in [2.24, 2.45) is 0 Å². The Bertz CT molecular complexity index is 271. The van der Waals surface area contributed by atoms with Gasteiger partial charge in [0.2, 0.25) is 0 Å². The minimum atomic E-state index is 0.505. The fourth-order valence-corrected chi connectivity index (χ4v) is 1.31. The van der Waals surface area contributed by atoms with Gasteiger partial charge in [-0.05, 0) is 37.1 Å². The van der Waals surface area contributed by atoms with Crippen molar-refractivity contribution in [2.75, 3.05) is 0 Å². The molecular weight excluding hydrogens is 208 g/mol. The predicted octanol–water partition coefficient (Wildman–Crippen LogP) is 2.92. The van der Waals surface area contributed by atoms with Gasteiger partial charge in [-0.15, -0.1) is 0 Å². The molecule has 0 aliphatic carbocycles. The molecule has 3 heteroatoms. The van der Waals surface area contributed by atoms with Crippen LogP contribution in [0.5, 0.6) is 5.75 Å². The zero-order valence-corrected chi connectivity index (χ0v) is 7.97. The summed E-state index contributed by atoms with van der Waals surface area (Å²) in [6.07, 6.45) is 0. The molecule has 0 bridgehead atoms.